The number of imide groups is 1. The minimum atomic E-state index is -4.83. The minimum absolute atomic E-state index is 0. The van der Waals surface area contributed by atoms with E-state index in [9.17, 15) is 53.3 Å². The number of nitrogens with one attached hydrogen (secondary N) is 1. The van der Waals surface area contributed by atoms with Gasteiger partial charge >= 0.3 is 64.9 Å². The monoisotopic (exact) mass is 951 g/mol. The van der Waals surface area contributed by atoms with E-state index in [1.165, 1.54) is 12.1 Å². The van der Waals surface area contributed by atoms with Crippen LogP contribution in [0, 0.1) is 0 Å². The summed E-state index contributed by atoms with van der Waals surface area (Å²) < 4.78 is 106. The number of fused-ring (bicyclic) bond motifs is 2. The van der Waals surface area contributed by atoms with Gasteiger partial charge in [0, 0.05) is 66.5 Å². The van der Waals surface area contributed by atoms with E-state index >= 15 is 0 Å². The van der Waals surface area contributed by atoms with Gasteiger partial charge in [-0.05, 0) is 85.7 Å². The Morgan fingerprint density at radius 3 is 2.10 bits per heavy atom. The average Bonchev–Trinajstić information content (AvgIpc) is 3.66. The summed E-state index contributed by atoms with van der Waals surface area (Å²) in [7, 11) is -13.8. The zero-order valence-corrected chi connectivity index (χ0v) is 42.4. The zero-order chi connectivity index (χ0) is 44.4. The summed E-state index contributed by atoms with van der Waals surface area (Å²) >= 11 is 6.46. The summed E-state index contributed by atoms with van der Waals surface area (Å²) in [5, 5.41) is 3.09. The number of aryl methyl sites for hydroxylation is 1. The molecule has 0 radical (unpaired) electrons. The number of anilines is 1. The first-order chi connectivity index (χ1) is 27.8. The topological polar surface area (TPSA) is 258 Å². The van der Waals surface area contributed by atoms with Crippen molar-refractivity contribution < 1.29 is 117 Å². The van der Waals surface area contributed by atoms with Crippen LogP contribution in [-0.2, 0) is 62.1 Å². The van der Waals surface area contributed by atoms with Crippen LogP contribution in [-0.4, -0.2) is 98.4 Å². The minimum Gasteiger partial charge on any atom is -0.748 e. The fourth-order valence-corrected chi connectivity index (χ4v) is 8.95. The first-order valence-electron chi connectivity index (χ1n) is 18.8. The molecule has 5 rings (SSSR count). The number of aliphatic imine (C=N–C) groups is 1. The Hall–Kier alpha value is -2.57. The third kappa shape index (κ3) is 13.5. The molecule has 0 atom stereocenters. The molecular formula is C39H44ClN5Na2O12S3. The first kappa shape index (κ1) is 53.8. The molecule has 1 N–H and O–H groups in total. The van der Waals surface area contributed by atoms with E-state index in [0.717, 1.165) is 28.7 Å². The maximum atomic E-state index is 13.1. The maximum Gasteiger partial charge on any atom is 1.00 e. The largest absolute Gasteiger partial charge is 1.00 e. The van der Waals surface area contributed by atoms with Gasteiger partial charge in [-0.2, -0.15) is 0 Å². The van der Waals surface area contributed by atoms with Gasteiger partial charge in [-0.25, -0.2) is 29.8 Å². The molecule has 4 heterocycles. The van der Waals surface area contributed by atoms with Gasteiger partial charge in [0.05, 0.1) is 47.7 Å². The Morgan fingerprint density at radius 2 is 1.48 bits per heavy atom. The van der Waals surface area contributed by atoms with E-state index in [1.54, 1.807) is 59.9 Å². The van der Waals surface area contributed by atoms with E-state index in [1.807, 2.05) is 13.8 Å². The van der Waals surface area contributed by atoms with Gasteiger partial charge in [0.15, 0.2) is 5.71 Å². The molecule has 62 heavy (non-hydrogen) atoms. The quantitative estimate of drug-likeness (QED) is 0.0508. The molecule has 1 aromatic heterocycles. The summed E-state index contributed by atoms with van der Waals surface area (Å²) in [5.74, 6) is -2.04. The third-order valence-electron chi connectivity index (χ3n) is 10.4. The first-order valence-corrected chi connectivity index (χ1v) is 23.7. The number of amides is 3. The number of hydrogen-bond acceptors (Lipinski definition) is 14. The molecule has 324 valence electrons. The number of benzene rings is 1. The van der Waals surface area contributed by atoms with E-state index < -0.39 is 69.4 Å². The molecule has 0 saturated carbocycles. The molecule has 0 unspecified atom stereocenters. The van der Waals surface area contributed by atoms with Crippen molar-refractivity contribution in [2.45, 2.75) is 75.6 Å². The Kier molecular flexibility index (Phi) is 18.4. The summed E-state index contributed by atoms with van der Waals surface area (Å²) in [6, 6.07) is 5.65. The second-order valence-corrected chi connectivity index (χ2v) is 20.4. The smallest absolute Gasteiger partial charge is 0.748 e. The molecular weight excluding hydrogens is 908 g/mol. The van der Waals surface area contributed by atoms with Crippen molar-refractivity contribution in [2.24, 2.45) is 4.99 Å². The molecule has 17 nitrogen and oxygen atoms in total. The van der Waals surface area contributed by atoms with Gasteiger partial charge < -0.3 is 23.9 Å². The van der Waals surface area contributed by atoms with E-state index in [2.05, 4.69) is 5.32 Å². The average molecular weight is 952 g/mol. The predicted molar refractivity (Wildman–Crippen MR) is 218 cm³/mol. The molecule has 3 amide bonds. The van der Waals surface area contributed by atoms with Gasteiger partial charge in [0.1, 0.15) is 16.3 Å². The summed E-state index contributed by atoms with van der Waals surface area (Å²) in [5.41, 5.74) is 1.85. The van der Waals surface area contributed by atoms with Gasteiger partial charge in [-0.1, -0.05) is 37.6 Å². The SMILES string of the molecule is CC1(C)C(/C=C/C(=C/C=C2/N(CCCS(=O)(=O)[O-])c3ccc(S(=O)(=O)[O-])cc3C2(C)C)CCC(=O)NCCN2C(=O)C=CC2=O)=Nc2c1cc(Cl)c[n+]2CCCS(=O)(=O)[O-].[Na+].[Na+]. The second-order valence-electron chi connectivity index (χ2n) is 15.5. The molecule has 0 aliphatic carbocycles. The number of allylic oxidation sites excluding steroid dienone is 6. The number of carbonyl (C=O) groups excluding carboxylic acids is 3. The van der Waals surface area contributed by atoms with Crippen molar-refractivity contribution in [1.29, 1.82) is 0 Å². The number of carbonyl (C=O) groups is 3. The number of hydrogen-bond donors (Lipinski definition) is 1. The molecule has 1 aromatic carbocycles. The molecule has 0 fully saturated rings. The molecule has 0 spiro atoms. The Morgan fingerprint density at radius 1 is 0.855 bits per heavy atom. The zero-order valence-electron chi connectivity index (χ0n) is 35.2. The van der Waals surface area contributed by atoms with E-state index in [4.69, 9.17) is 16.6 Å². The van der Waals surface area contributed by atoms with Crippen molar-refractivity contribution in [2.75, 3.05) is 36.0 Å². The fraction of sp³-hybridized carbons (Fsp3) is 0.410. The van der Waals surface area contributed by atoms with Crippen LogP contribution >= 0.6 is 11.6 Å². The summed E-state index contributed by atoms with van der Waals surface area (Å²) in [4.78, 5) is 44.1. The summed E-state index contributed by atoms with van der Waals surface area (Å²) in [6.07, 6.45) is 11.0. The van der Waals surface area contributed by atoms with Crippen LogP contribution in [0.1, 0.15) is 64.5 Å². The molecule has 2 aromatic rings. The Balaban J connectivity index is 0.00000512. The van der Waals surface area contributed by atoms with Crippen LogP contribution in [0.15, 0.2) is 88.1 Å². The third-order valence-corrected chi connectivity index (χ3v) is 13.1. The number of aromatic nitrogens is 1. The predicted octanol–water partition coefficient (Wildman–Crippen LogP) is -3.24. The Labute approximate surface area is 411 Å². The van der Waals surface area contributed by atoms with Crippen LogP contribution in [0.5, 0.6) is 0 Å². The normalized spacial score (nSPS) is 17.6. The standard InChI is InChI=1S/C39H46ClN5O12S3.2Na/c1-38(2)30-23-27(40)25-43(18-5-21-58(49,50)51)37(30)42-32(38)12-7-26(9-14-34(46)41-17-20-45-35(47)15-16-36(45)48)8-13-33-39(3,4)29-24-28(60(55,56)57)10-11-31(29)44(33)19-6-22-59(52,53)54;;/h7-8,10-13,15-16,23-25H,5-6,9,14,17-22H2,1-4H3,(H3-,41,46,49,50,51,52,53,54,55,56,57);;/q;2*+1/p-2. The van der Waals surface area contributed by atoms with Crippen molar-refractivity contribution in [3.8, 4) is 0 Å². The maximum absolute atomic E-state index is 13.1. The molecule has 0 bridgehead atoms. The van der Waals surface area contributed by atoms with Crippen LogP contribution in [0.25, 0.3) is 0 Å². The summed E-state index contributed by atoms with van der Waals surface area (Å²) in [6.45, 7) is 7.64. The van der Waals surface area contributed by atoms with Crippen LogP contribution in [0.2, 0.25) is 5.02 Å². The molecule has 23 heteroatoms. The number of halogens is 1. The van der Waals surface area contributed by atoms with Gasteiger partial charge in [0.2, 0.25) is 5.91 Å². The number of pyridine rings is 1. The Bertz CT molecular complexity index is 2590. The van der Waals surface area contributed by atoms with Crippen LogP contribution in [0.4, 0.5) is 11.5 Å². The van der Waals surface area contributed by atoms with E-state index in [0.29, 0.717) is 39.1 Å². The number of nitrogens with zero attached hydrogens (tertiary/aromatic N) is 4. The van der Waals surface area contributed by atoms with Crippen molar-refractivity contribution >= 4 is 76.9 Å². The van der Waals surface area contributed by atoms with Crippen LogP contribution in [0.3, 0.4) is 0 Å². The van der Waals surface area contributed by atoms with Crippen LogP contribution < -0.4 is 73.9 Å². The number of rotatable bonds is 18. The van der Waals surface area contributed by atoms with Gasteiger partial charge in [-0.3, -0.25) is 19.3 Å². The molecule has 3 aliphatic rings. The van der Waals surface area contributed by atoms with Gasteiger partial charge in [0.25, 0.3) is 11.8 Å². The molecule has 3 aliphatic heterocycles. The van der Waals surface area contributed by atoms with Gasteiger partial charge in [-0.15, -0.1) is 0 Å². The molecule has 0 saturated heterocycles. The second kappa shape index (κ2) is 21.2. The fourth-order valence-electron chi connectivity index (χ4n) is 7.26. The van der Waals surface area contributed by atoms with Crippen molar-refractivity contribution in [3.63, 3.8) is 0 Å². The van der Waals surface area contributed by atoms with Crippen molar-refractivity contribution in [3.05, 3.63) is 94.3 Å². The van der Waals surface area contributed by atoms with E-state index in [-0.39, 0.29) is 117 Å². The van der Waals surface area contributed by atoms with Crippen molar-refractivity contribution in [1.82, 2.24) is 10.2 Å².